The first-order chi connectivity index (χ1) is 12.7. The fourth-order valence-electron chi connectivity index (χ4n) is 3.33. The van der Waals surface area contributed by atoms with E-state index >= 15 is 0 Å². The molecule has 1 amide bonds. The summed E-state index contributed by atoms with van der Waals surface area (Å²) in [7, 11) is -2.66. The van der Waals surface area contributed by atoms with Gasteiger partial charge in [0, 0.05) is 24.6 Å². The van der Waals surface area contributed by atoms with Crippen LogP contribution in [0.25, 0.3) is 0 Å². The van der Waals surface area contributed by atoms with E-state index < -0.39 is 37.7 Å². The highest BCUT2D eigenvalue weighted by atomic mass is 28.4. The van der Waals surface area contributed by atoms with Gasteiger partial charge in [-0.25, -0.2) is 4.39 Å². The van der Waals surface area contributed by atoms with Gasteiger partial charge < -0.3 is 9.33 Å². The highest BCUT2D eigenvalue weighted by Gasteiger charge is 2.61. The average molecular weight is 419 g/mol. The number of ketones is 1. The molecule has 156 valence electrons. The smallest absolute Gasteiger partial charge is 0.397 e. The van der Waals surface area contributed by atoms with Crippen molar-refractivity contribution in [3.63, 3.8) is 0 Å². The van der Waals surface area contributed by atoms with E-state index in [0.29, 0.717) is 5.56 Å². The van der Waals surface area contributed by atoms with Crippen molar-refractivity contribution in [3.8, 4) is 0 Å². The Bertz CT molecular complexity index is 722. The summed E-state index contributed by atoms with van der Waals surface area (Å²) in [6.45, 7) is 5.64. The van der Waals surface area contributed by atoms with Gasteiger partial charge in [0.05, 0.1) is 0 Å². The van der Waals surface area contributed by atoms with E-state index in [9.17, 15) is 27.2 Å². The van der Waals surface area contributed by atoms with Gasteiger partial charge in [-0.1, -0.05) is 0 Å². The van der Waals surface area contributed by atoms with Crippen molar-refractivity contribution in [2.75, 3.05) is 13.1 Å². The van der Waals surface area contributed by atoms with E-state index in [0.717, 1.165) is 11.8 Å². The molecular formula is C19H25F4NO3Si. The second-order valence-corrected chi connectivity index (χ2v) is 12.6. The Hall–Kier alpha value is -1.74. The lowest BCUT2D eigenvalue weighted by atomic mass is 9.88. The highest BCUT2D eigenvalue weighted by molar-refractivity contribution is 6.70. The van der Waals surface area contributed by atoms with Crippen LogP contribution in [0.15, 0.2) is 24.3 Å². The summed E-state index contributed by atoms with van der Waals surface area (Å²) in [4.78, 5) is 26.3. The first-order valence-corrected chi connectivity index (χ1v) is 12.5. The summed E-state index contributed by atoms with van der Waals surface area (Å²) < 4.78 is 59.3. The average Bonchev–Trinajstić information content (AvgIpc) is 2.59. The lowest BCUT2D eigenvalue weighted by Gasteiger charge is -2.41. The van der Waals surface area contributed by atoms with Crippen LogP contribution in [0.4, 0.5) is 17.6 Å². The fourth-order valence-corrected chi connectivity index (χ4v) is 4.76. The normalized spacial score (nSPS) is 18.6. The minimum absolute atomic E-state index is 0.0389. The summed E-state index contributed by atoms with van der Waals surface area (Å²) in [5.41, 5.74) is -2.54. The Morgan fingerprint density at radius 1 is 1.07 bits per heavy atom. The second-order valence-electron chi connectivity index (χ2n) is 8.18. The maximum absolute atomic E-state index is 13.7. The number of piperidine rings is 1. The number of benzene rings is 1. The van der Waals surface area contributed by atoms with E-state index in [1.165, 1.54) is 24.3 Å². The number of carbonyl (C=O) groups excluding carboxylic acids is 2. The van der Waals surface area contributed by atoms with Gasteiger partial charge in [-0.2, -0.15) is 13.2 Å². The lowest BCUT2D eigenvalue weighted by Crippen LogP contribution is -2.62. The molecule has 1 aromatic carbocycles. The SMILES string of the molecule is C[C@@](O[Si](C)(C)C)(C(=O)N1CCC(C(=O)c2ccc(F)cc2)CC1)C(F)(F)F. The standard InChI is InChI=1S/C19H25F4NO3Si/c1-18(19(21,22)23,27-28(2,3)4)17(26)24-11-9-14(10-12-24)16(25)13-5-7-15(20)8-6-13/h5-8,14H,9-12H2,1-4H3/t18-/m1/s1. The van der Waals surface area contributed by atoms with Crippen molar-refractivity contribution in [2.45, 2.75) is 51.2 Å². The molecular weight excluding hydrogens is 394 g/mol. The Kier molecular flexibility index (Phi) is 6.39. The number of likely N-dealkylation sites (tertiary alicyclic amines) is 1. The topological polar surface area (TPSA) is 46.6 Å². The molecule has 0 radical (unpaired) electrons. The lowest BCUT2D eigenvalue weighted by molar-refractivity contribution is -0.244. The number of nitrogens with zero attached hydrogens (tertiary/aromatic N) is 1. The van der Waals surface area contributed by atoms with Crippen LogP contribution in [0.3, 0.4) is 0 Å². The molecule has 0 N–H and O–H groups in total. The predicted molar refractivity (Wildman–Crippen MR) is 98.9 cm³/mol. The van der Waals surface area contributed by atoms with E-state index in [1.807, 2.05) is 0 Å². The monoisotopic (exact) mass is 419 g/mol. The molecule has 1 fully saturated rings. The van der Waals surface area contributed by atoms with Gasteiger partial charge in [-0.3, -0.25) is 9.59 Å². The summed E-state index contributed by atoms with van der Waals surface area (Å²) in [6.07, 6.45) is -4.34. The van der Waals surface area contributed by atoms with Crippen molar-refractivity contribution in [3.05, 3.63) is 35.6 Å². The quantitative estimate of drug-likeness (QED) is 0.403. The van der Waals surface area contributed by atoms with Gasteiger partial charge in [0.25, 0.3) is 5.91 Å². The summed E-state index contributed by atoms with van der Waals surface area (Å²) >= 11 is 0. The van der Waals surface area contributed by atoms with E-state index in [1.54, 1.807) is 19.6 Å². The Labute approximate surface area is 163 Å². The zero-order valence-electron chi connectivity index (χ0n) is 16.4. The summed E-state index contributed by atoms with van der Waals surface area (Å²) in [6, 6.07) is 5.15. The summed E-state index contributed by atoms with van der Waals surface area (Å²) in [5, 5.41) is 0. The first-order valence-electron chi connectivity index (χ1n) is 9.11. The largest absolute Gasteiger partial charge is 0.425 e. The van der Waals surface area contributed by atoms with Crippen LogP contribution in [-0.4, -0.2) is 49.8 Å². The number of Topliss-reactive ketones (excluding diaryl/α,β-unsaturated/α-hetero) is 1. The van der Waals surface area contributed by atoms with Crippen molar-refractivity contribution in [1.82, 2.24) is 4.90 Å². The van der Waals surface area contributed by atoms with Gasteiger partial charge in [-0.05, 0) is 63.7 Å². The molecule has 1 aliphatic rings. The molecule has 9 heteroatoms. The van der Waals surface area contributed by atoms with Crippen molar-refractivity contribution >= 4 is 20.0 Å². The van der Waals surface area contributed by atoms with Crippen LogP contribution >= 0.6 is 0 Å². The molecule has 1 heterocycles. The molecule has 0 unspecified atom stereocenters. The first kappa shape index (κ1) is 22.5. The van der Waals surface area contributed by atoms with Gasteiger partial charge in [0.15, 0.2) is 14.1 Å². The van der Waals surface area contributed by atoms with Crippen LogP contribution < -0.4 is 0 Å². The van der Waals surface area contributed by atoms with Crippen LogP contribution in [0.2, 0.25) is 19.6 Å². The third-order valence-electron chi connectivity index (χ3n) is 4.74. The summed E-state index contributed by atoms with van der Waals surface area (Å²) in [5.74, 6) is -2.17. The minimum atomic E-state index is -4.84. The Morgan fingerprint density at radius 3 is 2.00 bits per heavy atom. The third kappa shape index (κ3) is 4.99. The molecule has 1 aromatic rings. The molecule has 0 saturated carbocycles. The molecule has 0 bridgehead atoms. The van der Waals surface area contributed by atoms with E-state index in [2.05, 4.69) is 0 Å². The molecule has 1 atom stereocenters. The maximum Gasteiger partial charge on any atom is 0.425 e. The van der Waals surface area contributed by atoms with E-state index in [-0.39, 0.29) is 31.7 Å². The number of halogens is 4. The van der Waals surface area contributed by atoms with Gasteiger partial charge in [0.2, 0.25) is 5.60 Å². The van der Waals surface area contributed by atoms with Crippen molar-refractivity contribution in [2.24, 2.45) is 5.92 Å². The number of hydrogen-bond donors (Lipinski definition) is 0. The maximum atomic E-state index is 13.7. The van der Waals surface area contributed by atoms with Crippen LogP contribution in [-0.2, 0) is 9.22 Å². The number of hydrogen-bond acceptors (Lipinski definition) is 3. The number of carbonyl (C=O) groups is 2. The minimum Gasteiger partial charge on any atom is -0.397 e. The van der Waals surface area contributed by atoms with Crippen LogP contribution in [0, 0.1) is 11.7 Å². The Balaban J connectivity index is 2.09. The van der Waals surface area contributed by atoms with Crippen molar-refractivity contribution in [1.29, 1.82) is 0 Å². The predicted octanol–water partition coefficient (Wildman–Crippen LogP) is 4.42. The number of alkyl halides is 3. The molecule has 1 saturated heterocycles. The third-order valence-corrected chi connectivity index (χ3v) is 5.76. The molecule has 0 aliphatic carbocycles. The van der Waals surface area contributed by atoms with Gasteiger partial charge >= 0.3 is 6.18 Å². The fraction of sp³-hybridized carbons (Fsp3) is 0.579. The molecule has 0 spiro atoms. The molecule has 2 rings (SSSR count). The number of rotatable bonds is 5. The van der Waals surface area contributed by atoms with Crippen LogP contribution in [0.1, 0.15) is 30.1 Å². The highest BCUT2D eigenvalue weighted by Crippen LogP contribution is 2.38. The molecule has 28 heavy (non-hydrogen) atoms. The van der Waals surface area contributed by atoms with Crippen molar-refractivity contribution < 1.29 is 31.6 Å². The zero-order chi connectivity index (χ0) is 21.3. The molecule has 0 aromatic heterocycles. The second kappa shape index (κ2) is 7.94. The van der Waals surface area contributed by atoms with E-state index in [4.69, 9.17) is 4.43 Å². The van der Waals surface area contributed by atoms with Gasteiger partial charge in [-0.15, -0.1) is 0 Å². The molecule has 1 aliphatic heterocycles. The van der Waals surface area contributed by atoms with Crippen LogP contribution in [0.5, 0.6) is 0 Å². The number of amides is 1. The Morgan fingerprint density at radius 2 is 1.57 bits per heavy atom. The molecule has 4 nitrogen and oxygen atoms in total. The zero-order valence-corrected chi connectivity index (χ0v) is 17.4. The van der Waals surface area contributed by atoms with Gasteiger partial charge in [0.1, 0.15) is 5.82 Å².